The summed E-state index contributed by atoms with van der Waals surface area (Å²) in [5.41, 5.74) is 5.54. The summed E-state index contributed by atoms with van der Waals surface area (Å²) in [6.07, 6.45) is 15.3. The van der Waals surface area contributed by atoms with Crippen molar-refractivity contribution in [1.82, 2.24) is 0 Å². The molecule has 0 aliphatic heterocycles. The predicted molar refractivity (Wildman–Crippen MR) is 131 cm³/mol. The maximum absolute atomic E-state index is 10.1. The zero-order chi connectivity index (χ0) is 23.8. The lowest BCUT2D eigenvalue weighted by atomic mass is 10.0. The molecule has 31 heavy (non-hydrogen) atoms. The molecule has 4 heteroatoms. The molecule has 1 rings (SSSR count). The van der Waals surface area contributed by atoms with Crippen LogP contribution in [0.5, 0.6) is 11.5 Å². The minimum absolute atomic E-state index is 0.198. The van der Waals surface area contributed by atoms with Gasteiger partial charge in [-0.15, -0.1) is 0 Å². The molecule has 0 spiro atoms. The molecular weight excluding hydrogens is 388 g/mol. The van der Waals surface area contributed by atoms with Crippen molar-refractivity contribution in [3.63, 3.8) is 0 Å². The van der Waals surface area contributed by atoms with Crippen molar-refractivity contribution in [2.45, 2.75) is 79.6 Å². The third-order valence-electron chi connectivity index (χ3n) is 5.08. The second-order valence-corrected chi connectivity index (χ2v) is 8.09. The zero-order valence-corrected chi connectivity index (χ0v) is 19.9. The van der Waals surface area contributed by atoms with Crippen LogP contribution in [0.3, 0.4) is 0 Å². The van der Waals surface area contributed by atoms with Crippen LogP contribution in [0.15, 0.2) is 58.9 Å². The van der Waals surface area contributed by atoms with Crippen molar-refractivity contribution in [2.24, 2.45) is 0 Å². The van der Waals surface area contributed by atoms with Crippen molar-refractivity contribution < 1.29 is 20.1 Å². The first-order valence-corrected chi connectivity index (χ1v) is 10.8. The van der Waals surface area contributed by atoms with Gasteiger partial charge in [0.2, 0.25) is 0 Å². The smallest absolute Gasteiger partial charge is 0.122 e. The zero-order valence-electron chi connectivity index (χ0n) is 19.9. The number of aliphatic hydroxyl groups is 1. The Labute approximate surface area is 188 Å². The van der Waals surface area contributed by atoms with Crippen LogP contribution in [-0.4, -0.2) is 22.1 Å². The van der Waals surface area contributed by atoms with Crippen LogP contribution in [0.4, 0.5) is 0 Å². The topological polar surface area (TPSA) is 77.8 Å². The fourth-order valence-corrected chi connectivity index (χ4v) is 3.18. The van der Waals surface area contributed by atoms with E-state index in [2.05, 4.69) is 39.0 Å². The van der Waals surface area contributed by atoms with Crippen LogP contribution in [-0.2, 0) is 11.2 Å². The van der Waals surface area contributed by atoms with Gasteiger partial charge in [-0.25, -0.2) is 0 Å². The molecule has 0 aliphatic rings. The summed E-state index contributed by atoms with van der Waals surface area (Å²) < 4.78 is 0. The second-order valence-electron chi connectivity index (χ2n) is 8.09. The number of phenolic OH excluding ortho intramolecular Hbond substituents is 2. The van der Waals surface area contributed by atoms with Crippen molar-refractivity contribution >= 4 is 6.79 Å². The van der Waals surface area contributed by atoms with E-state index in [1.165, 1.54) is 16.7 Å². The standard InChI is InChI=1S/C26H38O3.CH2O/c1-19(9-6-10-20(2)13-8-14-23(5)27)11-7-12-21(3)15-16-24-18-25(28)17-22(4)26(24)29;1-2/h10-11,14-15,17-18,27-29H,6-9,12-13,16H2,1-5H3;1H2/b19-11+,20-10+,21-15+,23-14-;. The predicted octanol–water partition coefficient (Wildman–Crippen LogP) is 7.41. The fourth-order valence-electron chi connectivity index (χ4n) is 3.18. The highest BCUT2D eigenvalue weighted by molar-refractivity contribution is 5.46. The summed E-state index contributed by atoms with van der Waals surface area (Å²) in [6, 6.07) is 3.21. The Kier molecular flexibility index (Phi) is 14.6. The average molecular weight is 429 g/mol. The number of hydrogen-bond acceptors (Lipinski definition) is 4. The molecule has 0 fully saturated rings. The van der Waals surface area contributed by atoms with E-state index in [4.69, 9.17) is 4.79 Å². The summed E-state index contributed by atoms with van der Waals surface area (Å²) in [5.74, 6) is 0.868. The van der Waals surface area contributed by atoms with Crippen molar-refractivity contribution in [2.75, 3.05) is 0 Å². The number of carbonyl (C=O) groups excluding carboxylic acids is 1. The number of aryl methyl sites for hydroxylation is 1. The van der Waals surface area contributed by atoms with Gasteiger partial charge in [-0.2, -0.15) is 0 Å². The van der Waals surface area contributed by atoms with E-state index >= 15 is 0 Å². The van der Waals surface area contributed by atoms with Gasteiger partial charge in [0.1, 0.15) is 18.3 Å². The summed E-state index contributed by atoms with van der Waals surface area (Å²) in [5, 5.41) is 29.0. The van der Waals surface area contributed by atoms with E-state index in [1.54, 1.807) is 26.0 Å². The molecular formula is C27H40O4. The Morgan fingerprint density at radius 1 is 0.806 bits per heavy atom. The van der Waals surface area contributed by atoms with Crippen LogP contribution >= 0.6 is 0 Å². The number of hydrogen-bond donors (Lipinski definition) is 3. The normalized spacial score (nSPS) is 13.1. The Morgan fingerprint density at radius 3 is 1.74 bits per heavy atom. The first-order chi connectivity index (χ1) is 14.7. The molecule has 0 aliphatic carbocycles. The number of aliphatic hydroxyl groups excluding tert-OH is 1. The van der Waals surface area contributed by atoms with Crippen LogP contribution in [0.25, 0.3) is 0 Å². The molecule has 1 aromatic rings. The largest absolute Gasteiger partial charge is 0.513 e. The van der Waals surface area contributed by atoms with Gasteiger partial charge in [0.05, 0.1) is 5.76 Å². The molecule has 0 saturated carbocycles. The molecule has 0 heterocycles. The Morgan fingerprint density at radius 2 is 1.26 bits per heavy atom. The lowest BCUT2D eigenvalue weighted by Gasteiger charge is -2.07. The Hall–Kier alpha value is -2.75. The van der Waals surface area contributed by atoms with Gasteiger partial charge in [0, 0.05) is 5.56 Å². The number of phenols is 2. The summed E-state index contributed by atoms with van der Waals surface area (Å²) in [6.45, 7) is 12.0. The van der Waals surface area contributed by atoms with Gasteiger partial charge >= 0.3 is 0 Å². The number of aromatic hydroxyl groups is 2. The molecule has 4 nitrogen and oxygen atoms in total. The number of carbonyl (C=O) groups is 1. The van der Waals surface area contributed by atoms with E-state index in [0.29, 0.717) is 17.7 Å². The number of benzene rings is 1. The second kappa shape index (κ2) is 16.0. The summed E-state index contributed by atoms with van der Waals surface area (Å²) >= 11 is 0. The minimum Gasteiger partial charge on any atom is -0.513 e. The Bertz CT molecular complexity index is 794. The van der Waals surface area contributed by atoms with E-state index in [0.717, 1.165) is 44.1 Å². The van der Waals surface area contributed by atoms with E-state index in [1.807, 2.05) is 12.9 Å². The highest BCUT2D eigenvalue weighted by Gasteiger charge is 2.05. The molecule has 0 atom stereocenters. The molecule has 0 saturated heterocycles. The lowest BCUT2D eigenvalue weighted by molar-refractivity contribution is -0.0980. The van der Waals surface area contributed by atoms with Crippen molar-refractivity contribution in [3.05, 3.63) is 70.0 Å². The molecule has 0 unspecified atom stereocenters. The summed E-state index contributed by atoms with van der Waals surface area (Å²) in [7, 11) is 0. The Balaban J connectivity index is 0.00000436. The third-order valence-corrected chi connectivity index (χ3v) is 5.08. The number of rotatable bonds is 11. The van der Waals surface area contributed by atoms with Crippen LogP contribution in [0.2, 0.25) is 0 Å². The highest BCUT2D eigenvalue weighted by atomic mass is 16.3. The van der Waals surface area contributed by atoms with Crippen molar-refractivity contribution in [1.29, 1.82) is 0 Å². The van der Waals surface area contributed by atoms with Crippen LogP contribution < -0.4 is 0 Å². The maximum atomic E-state index is 10.1. The fraction of sp³-hybridized carbons (Fsp3) is 0.444. The van der Waals surface area contributed by atoms with Crippen LogP contribution in [0.1, 0.15) is 77.3 Å². The molecule has 3 N–H and O–H groups in total. The quantitative estimate of drug-likeness (QED) is 0.195. The molecule has 172 valence electrons. The first-order valence-electron chi connectivity index (χ1n) is 10.8. The van der Waals surface area contributed by atoms with E-state index in [-0.39, 0.29) is 11.5 Å². The molecule has 1 aromatic carbocycles. The molecule has 0 aromatic heterocycles. The molecule has 0 amide bonds. The average Bonchev–Trinajstić information content (AvgIpc) is 2.70. The van der Waals surface area contributed by atoms with Gasteiger partial charge in [-0.1, -0.05) is 34.9 Å². The van der Waals surface area contributed by atoms with Crippen molar-refractivity contribution in [3.8, 4) is 11.5 Å². The van der Waals surface area contributed by atoms with Crippen LogP contribution in [0, 0.1) is 6.92 Å². The third kappa shape index (κ3) is 13.2. The first kappa shape index (κ1) is 28.2. The van der Waals surface area contributed by atoms with Gasteiger partial charge in [-0.3, -0.25) is 0 Å². The monoisotopic (exact) mass is 428 g/mol. The minimum atomic E-state index is 0.198. The van der Waals surface area contributed by atoms with Gasteiger partial charge in [0.15, 0.2) is 0 Å². The molecule has 0 radical (unpaired) electrons. The lowest BCUT2D eigenvalue weighted by Crippen LogP contribution is -1.88. The number of allylic oxidation sites excluding steroid dienone is 8. The summed E-state index contributed by atoms with van der Waals surface area (Å²) in [4.78, 5) is 8.00. The SMILES string of the molecule is C/C(O)=C/CC/C(C)=C/CC/C(C)=C/CC/C(C)=C/Cc1cc(O)cc(C)c1O.C=O. The van der Waals surface area contributed by atoms with E-state index < -0.39 is 0 Å². The molecule has 0 bridgehead atoms. The highest BCUT2D eigenvalue weighted by Crippen LogP contribution is 2.28. The van der Waals surface area contributed by atoms with Gasteiger partial charge < -0.3 is 20.1 Å². The van der Waals surface area contributed by atoms with Gasteiger partial charge in [0.25, 0.3) is 0 Å². The maximum Gasteiger partial charge on any atom is 0.122 e. The van der Waals surface area contributed by atoms with E-state index in [9.17, 15) is 15.3 Å². The van der Waals surface area contributed by atoms with Gasteiger partial charge in [-0.05, 0) is 103 Å².